The van der Waals surface area contributed by atoms with Gasteiger partial charge >= 0.3 is 0 Å². The molecule has 0 fully saturated rings. The molecule has 2 heterocycles. The Labute approximate surface area is 214 Å². The van der Waals surface area contributed by atoms with Crippen molar-refractivity contribution < 1.29 is 28.1 Å². The molecule has 4 rings (SSSR count). The Balaban J connectivity index is 1.36. The van der Waals surface area contributed by atoms with Crippen LogP contribution in [0.2, 0.25) is 10.0 Å². The van der Waals surface area contributed by atoms with Crippen molar-refractivity contribution in [1.82, 2.24) is 25.1 Å². The fraction of sp³-hybridized carbons (Fsp3) is 0.217. The number of ether oxygens (including phenoxy) is 4. The minimum Gasteiger partial charge on any atom is -0.497 e. The van der Waals surface area contributed by atoms with Crippen LogP contribution in [0.1, 0.15) is 0 Å². The number of carbonyl (C=O) groups excluding carboxylic acids is 1. The van der Waals surface area contributed by atoms with Gasteiger partial charge in [-0.1, -0.05) is 23.2 Å². The zero-order valence-corrected chi connectivity index (χ0v) is 20.6. The van der Waals surface area contributed by atoms with E-state index in [1.165, 1.54) is 4.52 Å². The van der Waals surface area contributed by atoms with Crippen molar-refractivity contribution in [3.05, 3.63) is 58.3 Å². The second kappa shape index (κ2) is 11.3. The van der Waals surface area contributed by atoms with Crippen LogP contribution in [0.15, 0.2) is 42.5 Å². The summed E-state index contributed by atoms with van der Waals surface area (Å²) < 4.78 is 36.5. The van der Waals surface area contributed by atoms with E-state index in [-0.39, 0.29) is 35.6 Å². The molecule has 0 bridgehead atoms. The highest BCUT2D eigenvalue weighted by atomic mass is 35.5. The van der Waals surface area contributed by atoms with Crippen LogP contribution in [0.25, 0.3) is 17.0 Å². The highest BCUT2D eigenvalue weighted by Gasteiger charge is 2.16. The van der Waals surface area contributed by atoms with Gasteiger partial charge in [0.1, 0.15) is 23.9 Å². The Hall–Kier alpha value is -3.83. The maximum absolute atomic E-state index is 13.3. The van der Waals surface area contributed by atoms with Gasteiger partial charge in [-0.25, -0.2) is 4.39 Å². The summed E-state index contributed by atoms with van der Waals surface area (Å²) in [5, 5.41) is 15.4. The van der Waals surface area contributed by atoms with E-state index in [1.54, 1.807) is 44.6 Å². The van der Waals surface area contributed by atoms with Crippen LogP contribution in [0.5, 0.6) is 23.1 Å². The van der Waals surface area contributed by atoms with Crippen LogP contribution in [-0.2, 0) is 4.79 Å². The van der Waals surface area contributed by atoms with Crippen molar-refractivity contribution in [3.63, 3.8) is 0 Å². The first kappa shape index (κ1) is 25.3. The van der Waals surface area contributed by atoms with E-state index in [9.17, 15) is 9.18 Å². The largest absolute Gasteiger partial charge is 0.497 e. The van der Waals surface area contributed by atoms with Gasteiger partial charge in [-0.15, -0.1) is 15.3 Å². The molecule has 0 aliphatic carbocycles. The number of carbonyl (C=O) groups is 1. The normalized spacial score (nSPS) is 10.8. The Morgan fingerprint density at radius 3 is 2.53 bits per heavy atom. The molecule has 0 atom stereocenters. The number of nitrogens with zero attached hydrogens (tertiary/aromatic N) is 4. The minimum atomic E-state index is -0.605. The van der Waals surface area contributed by atoms with Gasteiger partial charge in [0, 0.05) is 6.07 Å². The van der Waals surface area contributed by atoms with Gasteiger partial charge < -0.3 is 24.3 Å². The third kappa shape index (κ3) is 5.69. The molecule has 188 valence electrons. The van der Waals surface area contributed by atoms with Crippen molar-refractivity contribution in [2.24, 2.45) is 0 Å². The molecule has 1 N–H and O–H groups in total. The standard InChI is InChI=1S/C23H20Cl2FN5O5/c1-33-14-3-4-18(34-2)15(11-14)23-29-28-19-5-6-21(30-31(19)23)35-8-7-27-20(32)12-36-22-16(24)9-13(26)10-17(22)25/h3-6,9-11H,7-8,12H2,1-2H3,(H,27,32). The number of rotatable bonds is 10. The molecule has 0 saturated heterocycles. The number of aromatic nitrogens is 4. The topological polar surface area (TPSA) is 109 Å². The molecule has 10 nitrogen and oxygen atoms in total. The molecule has 0 spiro atoms. The van der Waals surface area contributed by atoms with E-state index in [2.05, 4.69) is 20.6 Å². The van der Waals surface area contributed by atoms with Gasteiger partial charge in [0.2, 0.25) is 5.88 Å². The molecule has 2 aromatic heterocycles. The molecule has 36 heavy (non-hydrogen) atoms. The van der Waals surface area contributed by atoms with Crippen LogP contribution in [-0.4, -0.2) is 59.7 Å². The average Bonchev–Trinajstić information content (AvgIpc) is 3.28. The highest BCUT2D eigenvalue weighted by molar-refractivity contribution is 6.37. The van der Waals surface area contributed by atoms with Crippen LogP contribution in [0.3, 0.4) is 0 Å². The molecule has 2 aromatic carbocycles. The smallest absolute Gasteiger partial charge is 0.258 e. The lowest BCUT2D eigenvalue weighted by Crippen LogP contribution is -2.32. The first-order valence-corrected chi connectivity index (χ1v) is 11.3. The van der Waals surface area contributed by atoms with Crippen LogP contribution in [0.4, 0.5) is 4.39 Å². The number of halogens is 3. The average molecular weight is 536 g/mol. The molecule has 0 aliphatic rings. The summed E-state index contributed by atoms with van der Waals surface area (Å²) in [6.07, 6.45) is 0. The maximum Gasteiger partial charge on any atom is 0.258 e. The van der Waals surface area contributed by atoms with Gasteiger partial charge in [-0.3, -0.25) is 4.79 Å². The lowest BCUT2D eigenvalue weighted by molar-refractivity contribution is -0.123. The molecular weight excluding hydrogens is 516 g/mol. The number of fused-ring (bicyclic) bond motifs is 1. The van der Waals surface area contributed by atoms with Crippen molar-refractivity contribution in [1.29, 1.82) is 0 Å². The number of benzene rings is 2. The Morgan fingerprint density at radius 1 is 1.03 bits per heavy atom. The lowest BCUT2D eigenvalue weighted by atomic mass is 10.2. The van der Waals surface area contributed by atoms with Crippen LogP contribution >= 0.6 is 23.2 Å². The summed E-state index contributed by atoms with van der Waals surface area (Å²) in [5.41, 5.74) is 1.15. The van der Waals surface area contributed by atoms with E-state index in [0.717, 1.165) is 12.1 Å². The van der Waals surface area contributed by atoms with E-state index < -0.39 is 11.7 Å². The van der Waals surface area contributed by atoms with E-state index in [0.29, 0.717) is 34.4 Å². The quantitative estimate of drug-likeness (QED) is 0.305. The zero-order valence-electron chi connectivity index (χ0n) is 19.1. The summed E-state index contributed by atoms with van der Waals surface area (Å²) >= 11 is 11.8. The van der Waals surface area contributed by atoms with Gasteiger partial charge in [-0.2, -0.15) is 4.52 Å². The monoisotopic (exact) mass is 535 g/mol. The Morgan fingerprint density at radius 2 is 1.81 bits per heavy atom. The second-order valence-electron chi connectivity index (χ2n) is 7.22. The Bertz CT molecular complexity index is 1380. The zero-order chi connectivity index (χ0) is 25.7. The van der Waals surface area contributed by atoms with E-state index in [1.807, 2.05) is 0 Å². The molecule has 0 radical (unpaired) electrons. The van der Waals surface area contributed by atoms with Crippen molar-refractivity contribution in [3.8, 4) is 34.5 Å². The van der Waals surface area contributed by atoms with E-state index >= 15 is 0 Å². The number of hydrogen-bond acceptors (Lipinski definition) is 8. The third-order valence-corrected chi connectivity index (χ3v) is 5.43. The molecular formula is C23H20Cl2FN5O5. The van der Waals surface area contributed by atoms with Crippen molar-refractivity contribution >= 4 is 34.8 Å². The number of nitrogens with one attached hydrogen (secondary N) is 1. The first-order valence-electron chi connectivity index (χ1n) is 10.5. The summed E-state index contributed by atoms with van der Waals surface area (Å²) in [7, 11) is 3.12. The van der Waals surface area contributed by atoms with Crippen molar-refractivity contribution in [2.75, 3.05) is 34.0 Å². The SMILES string of the molecule is COc1ccc(OC)c(-c2nnc3ccc(OCCNC(=O)COc4c(Cl)cc(F)cc4Cl)nn23)c1. The molecule has 1 amide bonds. The first-order chi connectivity index (χ1) is 17.4. The van der Waals surface area contributed by atoms with Gasteiger partial charge in [0.25, 0.3) is 5.91 Å². The fourth-order valence-electron chi connectivity index (χ4n) is 3.21. The van der Waals surface area contributed by atoms with Gasteiger partial charge in [0.15, 0.2) is 23.8 Å². The molecule has 0 saturated carbocycles. The maximum atomic E-state index is 13.3. The minimum absolute atomic E-state index is 0.0287. The molecule has 0 aliphatic heterocycles. The summed E-state index contributed by atoms with van der Waals surface area (Å²) in [5.74, 6) is 0.915. The van der Waals surface area contributed by atoms with E-state index in [4.69, 9.17) is 42.1 Å². The highest BCUT2D eigenvalue weighted by Crippen LogP contribution is 2.34. The second-order valence-corrected chi connectivity index (χ2v) is 8.03. The number of amides is 1. The molecule has 4 aromatic rings. The summed E-state index contributed by atoms with van der Waals surface area (Å²) in [4.78, 5) is 12.1. The van der Waals surface area contributed by atoms with Crippen LogP contribution < -0.4 is 24.3 Å². The molecule has 13 heteroatoms. The lowest BCUT2D eigenvalue weighted by Gasteiger charge is -2.11. The summed E-state index contributed by atoms with van der Waals surface area (Å²) in [6.45, 7) is -0.0600. The predicted molar refractivity (Wildman–Crippen MR) is 130 cm³/mol. The molecule has 0 unspecified atom stereocenters. The third-order valence-electron chi connectivity index (χ3n) is 4.87. The van der Waals surface area contributed by atoms with Gasteiger partial charge in [-0.05, 0) is 36.4 Å². The Kier molecular flexibility index (Phi) is 7.91. The fourth-order valence-corrected chi connectivity index (χ4v) is 3.78. The van der Waals surface area contributed by atoms with Crippen LogP contribution in [0, 0.1) is 5.82 Å². The summed E-state index contributed by atoms with van der Waals surface area (Å²) in [6, 6.07) is 10.7. The number of methoxy groups -OCH3 is 2. The van der Waals surface area contributed by atoms with Gasteiger partial charge in [0.05, 0.1) is 36.4 Å². The predicted octanol–water partition coefficient (Wildman–Crippen LogP) is 3.83. The van der Waals surface area contributed by atoms with Crippen molar-refractivity contribution in [2.45, 2.75) is 0 Å². The number of hydrogen-bond donors (Lipinski definition) is 1.